The van der Waals surface area contributed by atoms with E-state index in [0.29, 0.717) is 12.1 Å². The minimum atomic E-state index is -6.16. The zero-order valence-electron chi connectivity index (χ0n) is 8.51. The molecule has 1 aromatic carbocycles. The fourth-order valence-electron chi connectivity index (χ4n) is 0.962. The van der Waals surface area contributed by atoms with Crippen LogP contribution in [0.3, 0.4) is 0 Å². The molecule has 0 atom stereocenters. The van der Waals surface area contributed by atoms with Gasteiger partial charge in [-0.2, -0.15) is 34.8 Å². The minimum Gasteiger partial charge on any atom is -0.375 e. The van der Waals surface area contributed by atoms with Gasteiger partial charge in [0.25, 0.3) is 0 Å². The highest BCUT2D eigenvalue weighted by Crippen LogP contribution is 2.39. The van der Waals surface area contributed by atoms with Crippen LogP contribution >= 0.6 is 15.9 Å². The van der Waals surface area contributed by atoms with Gasteiger partial charge < -0.3 is 4.18 Å². The summed E-state index contributed by atoms with van der Waals surface area (Å²) < 4.78 is 98.3. The van der Waals surface area contributed by atoms with Crippen LogP contribution in [0.1, 0.15) is 5.56 Å². The third-order valence-electron chi connectivity index (χ3n) is 1.73. The van der Waals surface area contributed by atoms with Crippen molar-refractivity contribution in [3.63, 3.8) is 0 Å². The summed E-state index contributed by atoms with van der Waals surface area (Å²) in [6, 6.07) is 1.79. The van der Waals surface area contributed by atoms with Crippen molar-refractivity contribution in [3.8, 4) is 5.75 Å². The molecule has 0 radical (unpaired) electrons. The number of alkyl halides is 6. The lowest BCUT2D eigenvalue weighted by Crippen LogP contribution is -2.28. The van der Waals surface area contributed by atoms with Crippen molar-refractivity contribution < 1.29 is 38.9 Å². The van der Waals surface area contributed by atoms with Gasteiger partial charge in [0, 0.05) is 4.47 Å². The predicted octanol–water partition coefficient (Wildman–Crippen LogP) is 3.70. The smallest absolute Gasteiger partial charge is 0.375 e. The van der Waals surface area contributed by atoms with Crippen molar-refractivity contribution in [1.29, 1.82) is 0 Å². The summed E-state index contributed by atoms with van der Waals surface area (Å²) in [6.45, 7) is 0. The average molecular weight is 373 g/mol. The van der Waals surface area contributed by atoms with Crippen molar-refractivity contribution >= 4 is 26.0 Å². The van der Waals surface area contributed by atoms with E-state index in [9.17, 15) is 34.8 Å². The lowest BCUT2D eigenvalue weighted by atomic mass is 10.2. The Balaban J connectivity index is 3.31. The molecule has 108 valence electrons. The van der Waals surface area contributed by atoms with E-state index in [1.807, 2.05) is 0 Å². The molecular weight excluding hydrogens is 370 g/mol. The molecule has 0 amide bonds. The van der Waals surface area contributed by atoms with Crippen molar-refractivity contribution in [2.24, 2.45) is 0 Å². The predicted molar refractivity (Wildman–Crippen MR) is 54.7 cm³/mol. The summed E-state index contributed by atoms with van der Waals surface area (Å²) in [7, 11) is -6.16. The van der Waals surface area contributed by atoms with Crippen molar-refractivity contribution in [2.75, 3.05) is 0 Å². The average Bonchev–Trinajstić information content (AvgIpc) is 2.17. The van der Waals surface area contributed by atoms with Crippen LogP contribution in [0.25, 0.3) is 0 Å². The Morgan fingerprint density at radius 3 is 2.00 bits per heavy atom. The van der Waals surface area contributed by atoms with Crippen molar-refractivity contribution in [2.45, 2.75) is 11.7 Å². The molecule has 19 heavy (non-hydrogen) atoms. The normalized spacial score (nSPS) is 13.4. The Morgan fingerprint density at radius 1 is 1.05 bits per heavy atom. The molecule has 0 aliphatic heterocycles. The summed E-state index contributed by atoms with van der Waals surface area (Å²) in [5, 5.41) is 0. The monoisotopic (exact) mass is 372 g/mol. The van der Waals surface area contributed by atoms with Crippen molar-refractivity contribution in [1.82, 2.24) is 0 Å². The highest BCUT2D eigenvalue weighted by Gasteiger charge is 2.49. The largest absolute Gasteiger partial charge is 0.534 e. The molecule has 1 aromatic rings. The molecule has 0 saturated carbocycles. The fraction of sp³-hybridized carbons (Fsp3) is 0.250. The number of hydrogen-bond donors (Lipinski definition) is 0. The Morgan fingerprint density at radius 2 is 1.58 bits per heavy atom. The number of rotatable bonds is 2. The van der Waals surface area contributed by atoms with Crippen LogP contribution in [-0.4, -0.2) is 13.9 Å². The van der Waals surface area contributed by atoms with Crippen LogP contribution in [0, 0.1) is 0 Å². The second-order valence-corrected chi connectivity index (χ2v) is 5.57. The van der Waals surface area contributed by atoms with Gasteiger partial charge in [-0.25, -0.2) is 0 Å². The molecule has 0 heterocycles. The van der Waals surface area contributed by atoms with E-state index in [2.05, 4.69) is 20.1 Å². The van der Waals surface area contributed by atoms with Gasteiger partial charge in [-0.15, -0.1) is 0 Å². The van der Waals surface area contributed by atoms with Gasteiger partial charge in [0.2, 0.25) is 0 Å². The van der Waals surface area contributed by atoms with Gasteiger partial charge >= 0.3 is 21.8 Å². The summed E-state index contributed by atoms with van der Waals surface area (Å²) in [4.78, 5) is 0. The fourth-order valence-corrected chi connectivity index (χ4v) is 1.80. The SMILES string of the molecule is O=S(=O)(Oc1ccc(Br)cc1C(F)(F)F)C(F)(F)F. The van der Waals surface area contributed by atoms with E-state index < -0.39 is 33.1 Å². The molecule has 0 aliphatic rings. The van der Waals surface area contributed by atoms with Gasteiger partial charge in [0.15, 0.2) is 5.75 Å². The van der Waals surface area contributed by atoms with Gasteiger partial charge in [0.1, 0.15) is 5.56 Å². The molecule has 0 bridgehead atoms. The molecule has 0 aliphatic carbocycles. The van der Waals surface area contributed by atoms with E-state index in [-0.39, 0.29) is 4.47 Å². The van der Waals surface area contributed by atoms with Crippen LogP contribution in [0.5, 0.6) is 5.75 Å². The summed E-state index contributed by atoms with van der Waals surface area (Å²) >= 11 is 2.68. The third kappa shape index (κ3) is 3.75. The summed E-state index contributed by atoms with van der Waals surface area (Å²) in [5.41, 5.74) is -7.46. The van der Waals surface area contributed by atoms with Crippen LogP contribution in [0.2, 0.25) is 0 Å². The first-order valence-electron chi connectivity index (χ1n) is 4.22. The van der Waals surface area contributed by atoms with Crippen LogP contribution in [0.15, 0.2) is 22.7 Å². The number of halogens is 7. The molecule has 11 heteroatoms. The summed E-state index contributed by atoms with van der Waals surface area (Å²) in [6.07, 6.45) is -5.07. The molecule has 0 aromatic heterocycles. The second kappa shape index (κ2) is 4.85. The molecule has 0 unspecified atom stereocenters. The van der Waals surface area contributed by atoms with Crippen LogP contribution in [0.4, 0.5) is 26.3 Å². The van der Waals surface area contributed by atoms with Gasteiger partial charge in [0.05, 0.1) is 0 Å². The summed E-state index contributed by atoms with van der Waals surface area (Å²) in [5.74, 6) is -1.45. The maximum atomic E-state index is 12.5. The second-order valence-electron chi connectivity index (χ2n) is 3.12. The first-order chi connectivity index (χ1) is 8.34. The van der Waals surface area contributed by atoms with E-state index >= 15 is 0 Å². The highest BCUT2D eigenvalue weighted by molar-refractivity contribution is 9.10. The zero-order chi connectivity index (χ0) is 15.1. The zero-order valence-corrected chi connectivity index (χ0v) is 10.9. The molecule has 3 nitrogen and oxygen atoms in total. The topological polar surface area (TPSA) is 43.4 Å². The molecule has 0 spiro atoms. The van der Waals surface area contributed by atoms with Crippen LogP contribution < -0.4 is 4.18 Å². The number of hydrogen-bond acceptors (Lipinski definition) is 3. The molecule has 0 N–H and O–H groups in total. The van der Waals surface area contributed by atoms with E-state index in [1.54, 1.807) is 0 Å². The Labute approximate surface area is 111 Å². The van der Waals surface area contributed by atoms with Crippen molar-refractivity contribution in [3.05, 3.63) is 28.2 Å². The Kier molecular flexibility index (Phi) is 4.11. The standard InChI is InChI=1S/C8H3BrF6O3S/c9-4-1-2-6(5(3-4)7(10,11)12)18-19(16,17)8(13,14)15/h1-3H. The van der Waals surface area contributed by atoms with E-state index in [0.717, 1.165) is 6.07 Å². The van der Waals surface area contributed by atoms with Gasteiger partial charge in [-0.05, 0) is 18.2 Å². The minimum absolute atomic E-state index is 0.100. The molecule has 1 rings (SSSR count). The lowest BCUT2D eigenvalue weighted by molar-refractivity contribution is -0.138. The quantitative estimate of drug-likeness (QED) is 0.451. The molecule has 0 fully saturated rings. The van der Waals surface area contributed by atoms with Gasteiger partial charge in [-0.1, -0.05) is 15.9 Å². The van der Waals surface area contributed by atoms with Gasteiger partial charge in [-0.3, -0.25) is 0 Å². The highest BCUT2D eigenvalue weighted by atomic mass is 79.9. The first kappa shape index (κ1) is 16.1. The lowest BCUT2D eigenvalue weighted by Gasteiger charge is -2.14. The maximum Gasteiger partial charge on any atom is 0.534 e. The van der Waals surface area contributed by atoms with E-state index in [4.69, 9.17) is 0 Å². The number of benzene rings is 1. The van der Waals surface area contributed by atoms with E-state index in [1.165, 1.54) is 0 Å². The maximum absolute atomic E-state index is 12.5. The molecular formula is C8H3BrF6O3S. The third-order valence-corrected chi connectivity index (χ3v) is 3.19. The Hall–Kier alpha value is -0.970. The van der Waals surface area contributed by atoms with Crippen LogP contribution in [-0.2, 0) is 16.3 Å². The molecule has 0 saturated heterocycles. The Bertz CT molecular complexity index is 577. The first-order valence-corrected chi connectivity index (χ1v) is 6.42.